The van der Waals surface area contributed by atoms with Crippen molar-refractivity contribution in [2.24, 2.45) is 12.5 Å². The van der Waals surface area contributed by atoms with Gasteiger partial charge in [0.15, 0.2) is 0 Å². The first kappa shape index (κ1) is 8.15. The van der Waals surface area contributed by atoms with Crippen LogP contribution in [0.5, 0.6) is 0 Å². The SMILES string of the molecule is Cc1nn(C)c2c1NCC1(CC1)CN2. The smallest absolute Gasteiger partial charge is 0.148 e. The van der Waals surface area contributed by atoms with Crippen molar-refractivity contribution in [3.05, 3.63) is 5.69 Å². The molecule has 1 aromatic rings. The molecule has 0 atom stereocenters. The third-order valence-corrected chi connectivity index (χ3v) is 3.45. The molecule has 4 nitrogen and oxygen atoms in total. The fraction of sp³-hybridized carbons (Fsp3) is 0.700. The van der Waals surface area contributed by atoms with Gasteiger partial charge in [-0.25, -0.2) is 0 Å². The van der Waals surface area contributed by atoms with Gasteiger partial charge in [-0.3, -0.25) is 4.68 Å². The molecule has 1 aromatic heterocycles. The lowest BCUT2D eigenvalue weighted by atomic mass is 10.1. The molecular formula is C10H16N4. The Morgan fingerprint density at radius 1 is 1.29 bits per heavy atom. The van der Waals surface area contributed by atoms with E-state index in [4.69, 9.17) is 0 Å². The quantitative estimate of drug-likeness (QED) is 0.652. The third kappa shape index (κ3) is 1.03. The second kappa shape index (κ2) is 2.43. The Labute approximate surface area is 83.7 Å². The topological polar surface area (TPSA) is 41.9 Å². The van der Waals surface area contributed by atoms with E-state index in [1.54, 1.807) is 0 Å². The number of aromatic nitrogens is 2. The van der Waals surface area contributed by atoms with E-state index in [9.17, 15) is 0 Å². The zero-order valence-electron chi connectivity index (χ0n) is 8.72. The van der Waals surface area contributed by atoms with Crippen molar-refractivity contribution < 1.29 is 0 Å². The summed E-state index contributed by atoms with van der Waals surface area (Å²) in [6.07, 6.45) is 2.71. The van der Waals surface area contributed by atoms with Gasteiger partial charge in [0.1, 0.15) is 11.5 Å². The maximum absolute atomic E-state index is 4.39. The van der Waals surface area contributed by atoms with E-state index >= 15 is 0 Å². The summed E-state index contributed by atoms with van der Waals surface area (Å²) in [7, 11) is 1.99. The van der Waals surface area contributed by atoms with Crippen LogP contribution in [0.25, 0.3) is 0 Å². The van der Waals surface area contributed by atoms with Gasteiger partial charge in [-0.1, -0.05) is 0 Å². The van der Waals surface area contributed by atoms with Crippen LogP contribution < -0.4 is 10.6 Å². The predicted molar refractivity (Wildman–Crippen MR) is 56.6 cm³/mol. The molecule has 0 unspecified atom stereocenters. The molecule has 14 heavy (non-hydrogen) atoms. The third-order valence-electron chi connectivity index (χ3n) is 3.45. The molecule has 1 fully saturated rings. The fourth-order valence-corrected chi connectivity index (χ4v) is 2.21. The lowest BCUT2D eigenvalue weighted by molar-refractivity contribution is 0.577. The van der Waals surface area contributed by atoms with Gasteiger partial charge in [0.05, 0.1) is 5.69 Å². The van der Waals surface area contributed by atoms with Crippen molar-refractivity contribution in [3.8, 4) is 0 Å². The van der Waals surface area contributed by atoms with Crippen molar-refractivity contribution >= 4 is 11.5 Å². The minimum absolute atomic E-state index is 0.533. The Kier molecular flexibility index (Phi) is 1.42. The lowest BCUT2D eigenvalue weighted by Gasteiger charge is -2.11. The Balaban J connectivity index is 1.97. The normalized spacial score (nSPS) is 22.1. The van der Waals surface area contributed by atoms with Crippen LogP contribution in [0.15, 0.2) is 0 Å². The first-order valence-corrected chi connectivity index (χ1v) is 5.22. The molecule has 0 saturated heterocycles. The van der Waals surface area contributed by atoms with Crippen LogP contribution >= 0.6 is 0 Å². The summed E-state index contributed by atoms with van der Waals surface area (Å²) in [5.41, 5.74) is 2.81. The summed E-state index contributed by atoms with van der Waals surface area (Å²) in [5.74, 6) is 1.14. The van der Waals surface area contributed by atoms with Gasteiger partial charge >= 0.3 is 0 Å². The van der Waals surface area contributed by atoms with E-state index in [1.807, 2.05) is 11.7 Å². The van der Waals surface area contributed by atoms with Gasteiger partial charge in [-0.15, -0.1) is 0 Å². The summed E-state index contributed by atoms with van der Waals surface area (Å²) < 4.78 is 1.93. The molecule has 4 heteroatoms. The van der Waals surface area contributed by atoms with Gasteiger partial charge in [-0.05, 0) is 19.8 Å². The molecule has 76 valence electrons. The van der Waals surface area contributed by atoms with Crippen LogP contribution in [0.1, 0.15) is 18.5 Å². The number of rotatable bonds is 0. The molecule has 3 rings (SSSR count). The number of hydrogen-bond acceptors (Lipinski definition) is 3. The Morgan fingerprint density at radius 3 is 2.71 bits per heavy atom. The number of aryl methyl sites for hydroxylation is 2. The van der Waals surface area contributed by atoms with E-state index in [-0.39, 0.29) is 0 Å². The molecule has 0 amide bonds. The summed E-state index contributed by atoms with van der Waals surface area (Å²) in [6.45, 7) is 4.24. The van der Waals surface area contributed by atoms with Crippen LogP contribution in [-0.2, 0) is 7.05 Å². The minimum Gasteiger partial charge on any atom is -0.380 e. The number of nitrogens with zero attached hydrogens (tertiary/aromatic N) is 2. The number of fused-ring (bicyclic) bond motifs is 1. The van der Waals surface area contributed by atoms with E-state index in [1.165, 1.54) is 18.5 Å². The highest BCUT2D eigenvalue weighted by Crippen LogP contribution is 2.47. The Morgan fingerprint density at radius 2 is 2.00 bits per heavy atom. The second-order valence-corrected chi connectivity index (χ2v) is 4.64. The maximum atomic E-state index is 4.39. The van der Waals surface area contributed by atoms with Crippen LogP contribution in [0.2, 0.25) is 0 Å². The molecule has 0 bridgehead atoms. The molecule has 1 saturated carbocycles. The molecule has 1 aliphatic carbocycles. The molecule has 2 N–H and O–H groups in total. The van der Waals surface area contributed by atoms with E-state index in [0.29, 0.717) is 5.41 Å². The van der Waals surface area contributed by atoms with Crippen molar-refractivity contribution in [3.63, 3.8) is 0 Å². The van der Waals surface area contributed by atoms with Crippen molar-refractivity contribution in [1.29, 1.82) is 0 Å². The van der Waals surface area contributed by atoms with Crippen LogP contribution in [0, 0.1) is 12.3 Å². The Bertz CT molecular complexity index is 345. The van der Waals surface area contributed by atoms with Gasteiger partial charge in [-0.2, -0.15) is 5.10 Å². The van der Waals surface area contributed by atoms with Gasteiger partial charge in [0, 0.05) is 25.6 Å². The highest BCUT2D eigenvalue weighted by Gasteiger charge is 2.44. The molecule has 0 aromatic carbocycles. The van der Waals surface area contributed by atoms with Crippen LogP contribution in [-0.4, -0.2) is 22.9 Å². The van der Waals surface area contributed by atoms with Gasteiger partial charge in [0.2, 0.25) is 0 Å². The highest BCUT2D eigenvalue weighted by molar-refractivity contribution is 5.69. The van der Waals surface area contributed by atoms with Crippen LogP contribution in [0.3, 0.4) is 0 Å². The highest BCUT2D eigenvalue weighted by atomic mass is 15.3. The lowest BCUT2D eigenvalue weighted by Crippen LogP contribution is -2.20. The summed E-state index contributed by atoms with van der Waals surface area (Å²) in [5, 5.41) is 11.4. The van der Waals surface area contributed by atoms with Crippen molar-refractivity contribution in [2.75, 3.05) is 23.7 Å². The van der Waals surface area contributed by atoms with Crippen molar-refractivity contribution in [1.82, 2.24) is 9.78 Å². The van der Waals surface area contributed by atoms with Gasteiger partial charge < -0.3 is 10.6 Å². The molecular weight excluding hydrogens is 176 g/mol. The first-order chi connectivity index (χ1) is 6.70. The van der Waals surface area contributed by atoms with E-state index in [2.05, 4.69) is 22.7 Å². The average Bonchev–Trinajstić information content (AvgIpc) is 2.89. The van der Waals surface area contributed by atoms with Crippen LogP contribution in [0.4, 0.5) is 11.5 Å². The molecule has 1 spiro atoms. The van der Waals surface area contributed by atoms with E-state index in [0.717, 1.165) is 24.6 Å². The maximum Gasteiger partial charge on any atom is 0.148 e. The first-order valence-electron chi connectivity index (χ1n) is 5.22. The van der Waals surface area contributed by atoms with Crippen molar-refractivity contribution in [2.45, 2.75) is 19.8 Å². The fourth-order valence-electron chi connectivity index (χ4n) is 2.21. The summed E-state index contributed by atoms with van der Waals surface area (Å²) >= 11 is 0. The molecule has 0 radical (unpaired) electrons. The standard InChI is InChI=1S/C10H16N4/c1-7-8-9(14(2)13-7)12-6-10(3-4-10)5-11-8/h11-12H,3-6H2,1-2H3. The number of hydrogen-bond donors (Lipinski definition) is 2. The minimum atomic E-state index is 0.533. The summed E-state index contributed by atoms with van der Waals surface area (Å²) in [4.78, 5) is 0. The number of nitrogens with one attached hydrogen (secondary N) is 2. The molecule has 2 heterocycles. The average molecular weight is 192 g/mol. The van der Waals surface area contributed by atoms with Gasteiger partial charge in [0.25, 0.3) is 0 Å². The predicted octanol–water partition coefficient (Wildman–Crippen LogP) is 1.35. The molecule has 2 aliphatic rings. The second-order valence-electron chi connectivity index (χ2n) is 4.64. The monoisotopic (exact) mass is 192 g/mol. The zero-order valence-corrected chi connectivity index (χ0v) is 8.72. The van der Waals surface area contributed by atoms with E-state index < -0.39 is 0 Å². The summed E-state index contributed by atoms with van der Waals surface area (Å²) in [6, 6.07) is 0. The Hall–Kier alpha value is -1.19. The largest absolute Gasteiger partial charge is 0.380 e. The number of anilines is 2. The zero-order chi connectivity index (χ0) is 9.76. The molecule has 1 aliphatic heterocycles.